The van der Waals surface area contributed by atoms with Crippen LogP contribution in [0.5, 0.6) is 0 Å². The van der Waals surface area contributed by atoms with Crippen LogP contribution < -0.4 is 0 Å². The van der Waals surface area contributed by atoms with Crippen LogP contribution in [0.2, 0.25) is 0 Å². The lowest BCUT2D eigenvalue weighted by atomic mass is 9.83. The van der Waals surface area contributed by atoms with Crippen LogP contribution in [-0.2, 0) is 9.59 Å². The fourth-order valence-electron chi connectivity index (χ4n) is 3.26. The summed E-state index contributed by atoms with van der Waals surface area (Å²) in [4.78, 5) is 23.7. The second-order valence-corrected chi connectivity index (χ2v) is 5.64. The number of rotatable bonds is 4. The van der Waals surface area contributed by atoms with Gasteiger partial charge in [-0.1, -0.05) is 12.8 Å². The van der Waals surface area contributed by atoms with E-state index in [1.807, 2.05) is 0 Å². The van der Waals surface area contributed by atoms with Gasteiger partial charge in [-0.15, -0.1) is 0 Å². The van der Waals surface area contributed by atoms with E-state index in [-0.39, 0.29) is 29.3 Å². The van der Waals surface area contributed by atoms with Gasteiger partial charge in [-0.05, 0) is 38.0 Å². The summed E-state index contributed by atoms with van der Waals surface area (Å²) >= 11 is 0. The number of hydrogen-bond donors (Lipinski definition) is 0. The molecule has 2 heteroatoms. The van der Waals surface area contributed by atoms with Crippen molar-refractivity contribution in [1.29, 1.82) is 0 Å². The largest absolute Gasteiger partial charge is 0.299 e. The molecule has 82 valence electrons. The Morgan fingerprint density at radius 1 is 1.13 bits per heavy atom. The summed E-state index contributed by atoms with van der Waals surface area (Å²) < 4.78 is 0. The normalized spacial score (nSPS) is 38.3. The summed E-state index contributed by atoms with van der Waals surface area (Å²) in [6.45, 7) is 0. The third-order valence-electron chi connectivity index (χ3n) is 4.58. The Hall–Kier alpha value is -0.660. The predicted molar refractivity (Wildman–Crippen MR) is 56.4 cm³/mol. The van der Waals surface area contributed by atoms with Gasteiger partial charge in [-0.25, -0.2) is 0 Å². The number of carbonyl (C=O) groups excluding carboxylic acids is 2. The highest BCUT2D eigenvalue weighted by Gasteiger charge is 2.59. The van der Waals surface area contributed by atoms with Crippen LogP contribution >= 0.6 is 0 Å². The first kappa shape index (κ1) is 9.56. The summed E-state index contributed by atoms with van der Waals surface area (Å²) in [6.07, 6.45) is 8.17. The van der Waals surface area contributed by atoms with Crippen molar-refractivity contribution in [3.63, 3.8) is 0 Å². The van der Waals surface area contributed by atoms with Crippen LogP contribution in [0.25, 0.3) is 0 Å². The predicted octanol–water partition coefficient (Wildman–Crippen LogP) is 2.51. The average Bonchev–Trinajstić information content (AvgIpc) is 3.11. The molecule has 0 aromatic rings. The molecule has 2 nitrogen and oxygen atoms in total. The van der Waals surface area contributed by atoms with Crippen LogP contribution in [0.15, 0.2) is 0 Å². The maximum absolute atomic E-state index is 12.1. The topological polar surface area (TPSA) is 34.1 Å². The Bertz CT molecular complexity index is 316. The van der Waals surface area contributed by atoms with Crippen LogP contribution in [0.1, 0.15) is 51.4 Å². The molecule has 15 heavy (non-hydrogen) atoms. The van der Waals surface area contributed by atoms with Crippen molar-refractivity contribution in [1.82, 2.24) is 0 Å². The first-order valence-corrected chi connectivity index (χ1v) is 6.28. The lowest BCUT2D eigenvalue weighted by Gasteiger charge is -2.20. The van der Waals surface area contributed by atoms with Crippen LogP contribution in [0, 0.1) is 17.3 Å². The Kier molecular flexibility index (Phi) is 2.02. The molecule has 3 saturated carbocycles. The quantitative estimate of drug-likeness (QED) is 0.662. The Morgan fingerprint density at radius 2 is 1.93 bits per heavy atom. The van der Waals surface area contributed by atoms with Gasteiger partial charge in [-0.2, -0.15) is 0 Å². The molecule has 3 rings (SSSR count). The van der Waals surface area contributed by atoms with Crippen LogP contribution in [0.4, 0.5) is 0 Å². The monoisotopic (exact) mass is 206 g/mol. The molecule has 0 N–H and O–H groups in total. The van der Waals surface area contributed by atoms with Crippen LogP contribution in [-0.4, -0.2) is 11.6 Å². The van der Waals surface area contributed by atoms with Gasteiger partial charge in [0.1, 0.15) is 11.6 Å². The van der Waals surface area contributed by atoms with Crippen molar-refractivity contribution >= 4 is 11.6 Å². The van der Waals surface area contributed by atoms with Gasteiger partial charge in [-0.3, -0.25) is 9.59 Å². The summed E-state index contributed by atoms with van der Waals surface area (Å²) in [5.74, 6) is 1.41. The molecule has 0 bridgehead atoms. The first-order chi connectivity index (χ1) is 7.22. The molecule has 0 saturated heterocycles. The van der Waals surface area contributed by atoms with E-state index >= 15 is 0 Å². The number of Topliss-reactive ketones (excluding diaryl/α,β-unsaturated/α-hetero) is 2. The fraction of sp³-hybridized carbons (Fsp3) is 0.846. The zero-order valence-electron chi connectivity index (χ0n) is 9.13. The highest BCUT2D eigenvalue weighted by molar-refractivity contribution is 6.04. The molecular weight excluding hydrogens is 188 g/mol. The molecule has 3 aliphatic rings. The molecule has 2 unspecified atom stereocenters. The maximum atomic E-state index is 12.1. The summed E-state index contributed by atoms with van der Waals surface area (Å²) in [5, 5.41) is 0. The van der Waals surface area contributed by atoms with Gasteiger partial charge in [0.05, 0.1) is 6.42 Å². The highest BCUT2D eigenvalue weighted by atomic mass is 16.2. The van der Waals surface area contributed by atoms with E-state index in [2.05, 4.69) is 0 Å². The van der Waals surface area contributed by atoms with Crippen molar-refractivity contribution in [3.8, 4) is 0 Å². The molecule has 3 aliphatic carbocycles. The molecule has 0 aromatic carbocycles. The number of hydrogen-bond acceptors (Lipinski definition) is 2. The first-order valence-electron chi connectivity index (χ1n) is 6.28. The van der Waals surface area contributed by atoms with Crippen molar-refractivity contribution in [2.45, 2.75) is 51.4 Å². The molecule has 0 spiro atoms. The van der Waals surface area contributed by atoms with E-state index in [0.29, 0.717) is 5.92 Å². The van der Waals surface area contributed by atoms with E-state index < -0.39 is 0 Å². The molecular formula is C13H18O2. The van der Waals surface area contributed by atoms with E-state index in [1.54, 1.807) is 0 Å². The van der Waals surface area contributed by atoms with Crippen LogP contribution in [0.3, 0.4) is 0 Å². The van der Waals surface area contributed by atoms with Gasteiger partial charge in [0, 0.05) is 11.3 Å². The Balaban J connectivity index is 1.62. The zero-order valence-corrected chi connectivity index (χ0v) is 9.13. The van der Waals surface area contributed by atoms with Crippen molar-refractivity contribution < 1.29 is 9.59 Å². The van der Waals surface area contributed by atoms with Crippen molar-refractivity contribution in [3.05, 3.63) is 0 Å². The molecule has 0 heterocycles. The van der Waals surface area contributed by atoms with Gasteiger partial charge >= 0.3 is 0 Å². The third-order valence-corrected chi connectivity index (χ3v) is 4.58. The zero-order chi connectivity index (χ0) is 10.5. The van der Waals surface area contributed by atoms with Gasteiger partial charge in [0.2, 0.25) is 0 Å². The van der Waals surface area contributed by atoms with E-state index in [9.17, 15) is 9.59 Å². The fourth-order valence-corrected chi connectivity index (χ4v) is 3.26. The van der Waals surface area contributed by atoms with Crippen molar-refractivity contribution in [2.75, 3.05) is 0 Å². The van der Waals surface area contributed by atoms with Gasteiger partial charge in [0.25, 0.3) is 0 Å². The molecule has 3 fully saturated rings. The number of fused-ring (bicyclic) bond motifs is 1. The second kappa shape index (κ2) is 3.16. The minimum atomic E-state index is -0.0111. The Morgan fingerprint density at radius 3 is 2.60 bits per heavy atom. The molecule has 0 radical (unpaired) electrons. The van der Waals surface area contributed by atoms with Gasteiger partial charge in [0.15, 0.2) is 0 Å². The molecule has 2 atom stereocenters. The minimum absolute atomic E-state index is 0.0111. The molecule has 0 aliphatic heterocycles. The minimum Gasteiger partial charge on any atom is -0.299 e. The highest BCUT2D eigenvalue weighted by Crippen LogP contribution is 2.62. The average molecular weight is 206 g/mol. The second-order valence-electron chi connectivity index (χ2n) is 5.64. The summed E-state index contributed by atoms with van der Waals surface area (Å²) in [5.41, 5.74) is -0.0111. The molecule has 0 aromatic heterocycles. The van der Waals surface area contributed by atoms with E-state index in [1.165, 1.54) is 19.3 Å². The van der Waals surface area contributed by atoms with Crippen molar-refractivity contribution in [2.24, 2.45) is 17.3 Å². The maximum Gasteiger partial charge on any atom is 0.146 e. The lowest BCUT2D eigenvalue weighted by Crippen LogP contribution is -2.24. The summed E-state index contributed by atoms with van der Waals surface area (Å²) in [6, 6.07) is 0. The van der Waals surface area contributed by atoms with E-state index in [0.717, 1.165) is 25.7 Å². The lowest BCUT2D eigenvalue weighted by molar-refractivity contribution is -0.131. The van der Waals surface area contributed by atoms with Gasteiger partial charge < -0.3 is 0 Å². The number of carbonyl (C=O) groups is 2. The third kappa shape index (κ3) is 1.54. The smallest absolute Gasteiger partial charge is 0.146 e. The van der Waals surface area contributed by atoms with E-state index in [4.69, 9.17) is 0 Å². The molecule has 0 amide bonds. The standard InChI is InChI=1S/C13H18O2/c14-11(9-4-5-9)7-12(15)13-6-2-1-3-10(13)8-13/h9-10H,1-8H2. The Labute approximate surface area is 90.4 Å². The number of ketones is 2. The SMILES string of the molecule is O=C(CC(=O)C12CCCCC1C2)C1CC1. The summed E-state index contributed by atoms with van der Waals surface area (Å²) in [7, 11) is 0.